The fourth-order valence-corrected chi connectivity index (χ4v) is 4.47. The van der Waals surface area contributed by atoms with Crippen LogP contribution < -0.4 is 0 Å². The maximum absolute atomic E-state index is 11.1. The van der Waals surface area contributed by atoms with Crippen LogP contribution in [0.4, 0.5) is 0 Å². The molecule has 0 aromatic heterocycles. The molecule has 182 valence electrons. The lowest BCUT2D eigenvalue weighted by atomic mass is 9.79. The number of aliphatic hydroxyl groups is 1. The van der Waals surface area contributed by atoms with Gasteiger partial charge in [-0.25, -0.2) is 0 Å². The Morgan fingerprint density at radius 3 is 1.74 bits per heavy atom. The number of azide groups is 1. The Balaban J connectivity index is 1.52. The number of aliphatic hydroxyl groups excluding tert-OH is 1. The molecule has 0 spiro atoms. The summed E-state index contributed by atoms with van der Waals surface area (Å²) in [6.45, 7) is 1.55. The van der Waals surface area contributed by atoms with Gasteiger partial charge in [0.25, 0.3) is 0 Å². The van der Waals surface area contributed by atoms with Crippen LogP contribution in [0.2, 0.25) is 0 Å². The summed E-state index contributed by atoms with van der Waals surface area (Å²) < 4.78 is 18.7. The summed E-state index contributed by atoms with van der Waals surface area (Å²) in [4.78, 5) is 2.97. The predicted molar refractivity (Wildman–Crippen MR) is 133 cm³/mol. The Morgan fingerprint density at radius 1 is 0.743 bits per heavy atom. The van der Waals surface area contributed by atoms with Gasteiger partial charge in [-0.1, -0.05) is 96.1 Å². The van der Waals surface area contributed by atoms with Crippen molar-refractivity contribution in [1.29, 1.82) is 0 Å². The molecule has 1 N–H and O–H groups in total. The molecule has 4 rings (SSSR count). The second-order valence-corrected chi connectivity index (χ2v) is 8.78. The van der Waals surface area contributed by atoms with Crippen molar-refractivity contribution in [2.75, 3.05) is 6.61 Å². The molecule has 0 unspecified atom stereocenters. The van der Waals surface area contributed by atoms with Gasteiger partial charge in [0.2, 0.25) is 0 Å². The fourth-order valence-electron chi connectivity index (χ4n) is 4.47. The first-order valence-corrected chi connectivity index (χ1v) is 11.9. The molecule has 7 nitrogen and oxygen atoms in total. The van der Waals surface area contributed by atoms with Gasteiger partial charge in [0.15, 0.2) is 0 Å². The average Bonchev–Trinajstić information content (AvgIpc) is 2.90. The summed E-state index contributed by atoms with van der Waals surface area (Å²) in [7, 11) is 0. The molecule has 7 heteroatoms. The Labute approximate surface area is 205 Å². The highest BCUT2D eigenvalue weighted by atomic mass is 16.6. The van der Waals surface area contributed by atoms with E-state index in [1.807, 2.05) is 91.0 Å². The van der Waals surface area contributed by atoms with E-state index in [0.29, 0.717) is 32.8 Å². The first-order valence-electron chi connectivity index (χ1n) is 11.9. The molecule has 0 saturated heterocycles. The quantitative estimate of drug-likeness (QED) is 0.228. The minimum atomic E-state index is -0.985. The number of hydrogen-bond acceptors (Lipinski definition) is 5. The lowest BCUT2D eigenvalue weighted by molar-refractivity contribution is -0.184. The zero-order chi connectivity index (χ0) is 24.3. The van der Waals surface area contributed by atoms with Gasteiger partial charge in [0.1, 0.15) is 6.10 Å². The monoisotopic (exact) mass is 473 g/mol. The van der Waals surface area contributed by atoms with Crippen LogP contribution in [-0.2, 0) is 34.0 Å². The van der Waals surface area contributed by atoms with Gasteiger partial charge in [-0.2, -0.15) is 0 Å². The van der Waals surface area contributed by atoms with Crippen LogP contribution in [0.5, 0.6) is 0 Å². The molecule has 0 aliphatic heterocycles. The first-order chi connectivity index (χ1) is 17.2. The fraction of sp³-hybridized carbons (Fsp3) is 0.357. The van der Waals surface area contributed by atoms with Gasteiger partial charge >= 0.3 is 0 Å². The molecular weight excluding hydrogens is 442 g/mol. The minimum absolute atomic E-state index is 0.123. The van der Waals surface area contributed by atoms with E-state index in [0.717, 1.165) is 16.7 Å². The van der Waals surface area contributed by atoms with E-state index in [1.165, 1.54) is 0 Å². The molecule has 0 amide bonds. The van der Waals surface area contributed by atoms with Crippen LogP contribution in [0.1, 0.15) is 23.1 Å². The Bertz CT molecular complexity index is 1060. The molecule has 1 saturated carbocycles. The highest BCUT2D eigenvalue weighted by Crippen LogP contribution is 2.33. The molecular formula is C28H31N3O4. The highest BCUT2D eigenvalue weighted by molar-refractivity contribution is 5.15. The third-order valence-corrected chi connectivity index (χ3v) is 6.28. The lowest BCUT2D eigenvalue weighted by Crippen LogP contribution is -2.56. The number of benzene rings is 3. The van der Waals surface area contributed by atoms with E-state index in [-0.39, 0.29) is 5.92 Å². The third kappa shape index (κ3) is 7.15. The van der Waals surface area contributed by atoms with Gasteiger partial charge in [0.05, 0.1) is 44.7 Å². The van der Waals surface area contributed by atoms with E-state index in [1.54, 1.807) is 0 Å². The van der Waals surface area contributed by atoms with Crippen molar-refractivity contribution < 1.29 is 19.3 Å². The van der Waals surface area contributed by atoms with Gasteiger partial charge < -0.3 is 19.3 Å². The maximum Gasteiger partial charge on any atom is 0.111 e. The number of rotatable bonds is 11. The van der Waals surface area contributed by atoms with Crippen molar-refractivity contribution in [3.05, 3.63) is 118 Å². The SMILES string of the molecule is [N-]=[N+]=N[C@H]1C[C@H](COCc2ccccc2)[C@@H](OCc2ccccc2)[C@H](OCc2ccccc2)[C@@H]1O. The number of ether oxygens (including phenoxy) is 3. The van der Waals surface area contributed by atoms with E-state index in [4.69, 9.17) is 19.7 Å². The van der Waals surface area contributed by atoms with Crippen LogP contribution in [0.15, 0.2) is 96.1 Å². The van der Waals surface area contributed by atoms with Gasteiger partial charge in [-0.3, -0.25) is 0 Å². The van der Waals surface area contributed by atoms with Crippen LogP contribution in [-0.4, -0.2) is 36.1 Å². The molecule has 0 heterocycles. The van der Waals surface area contributed by atoms with Crippen molar-refractivity contribution in [2.24, 2.45) is 11.0 Å². The second kappa shape index (κ2) is 13.0. The maximum atomic E-state index is 11.1. The molecule has 3 aromatic carbocycles. The van der Waals surface area contributed by atoms with E-state index < -0.39 is 24.4 Å². The minimum Gasteiger partial charge on any atom is -0.390 e. The van der Waals surface area contributed by atoms with Gasteiger partial charge in [-0.15, -0.1) is 0 Å². The summed E-state index contributed by atoms with van der Waals surface area (Å²) in [5.74, 6) is -0.123. The molecule has 1 aliphatic rings. The second-order valence-electron chi connectivity index (χ2n) is 8.78. The molecule has 1 aliphatic carbocycles. The van der Waals surface area contributed by atoms with Crippen LogP contribution in [0.3, 0.4) is 0 Å². The van der Waals surface area contributed by atoms with E-state index in [9.17, 15) is 5.11 Å². The molecule has 1 fully saturated rings. The summed E-state index contributed by atoms with van der Waals surface area (Å²) >= 11 is 0. The normalized spacial score (nSPS) is 24.0. The third-order valence-electron chi connectivity index (χ3n) is 6.28. The first kappa shape index (κ1) is 24.9. The Morgan fingerprint density at radius 2 is 1.23 bits per heavy atom. The molecule has 35 heavy (non-hydrogen) atoms. The number of hydrogen-bond donors (Lipinski definition) is 1. The predicted octanol–water partition coefficient (Wildman–Crippen LogP) is 5.43. The van der Waals surface area contributed by atoms with Gasteiger partial charge in [-0.05, 0) is 28.6 Å². The zero-order valence-electron chi connectivity index (χ0n) is 19.6. The van der Waals surface area contributed by atoms with Crippen molar-refractivity contribution in [1.82, 2.24) is 0 Å². The molecule has 0 bridgehead atoms. The summed E-state index contributed by atoms with van der Waals surface area (Å²) in [5, 5.41) is 15.0. The number of nitrogens with zero attached hydrogens (tertiary/aromatic N) is 3. The summed E-state index contributed by atoms with van der Waals surface area (Å²) in [6.07, 6.45) is -1.64. The largest absolute Gasteiger partial charge is 0.390 e. The van der Waals surface area contributed by atoms with Crippen LogP contribution in [0, 0.1) is 5.92 Å². The van der Waals surface area contributed by atoms with Crippen LogP contribution >= 0.6 is 0 Å². The lowest BCUT2D eigenvalue weighted by Gasteiger charge is -2.43. The molecule has 5 atom stereocenters. The smallest absolute Gasteiger partial charge is 0.111 e. The Hall–Kier alpha value is -3.19. The molecule has 0 radical (unpaired) electrons. The van der Waals surface area contributed by atoms with Gasteiger partial charge in [0, 0.05) is 10.8 Å². The average molecular weight is 474 g/mol. The highest BCUT2D eigenvalue weighted by Gasteiger charge is 2.45. The van der Waals surface area contributed by atoms with E-state index in [2.05, 4.69) is 10.0 Å². The topological polar surface area (TPSA) is 96.7 Å². The van der Waals surface area contributed by atoms with Crippen molar-refractivity contribution in [2.45, 2.75) is 50.6 Å². The zero-order valence-corrected chi connectivity index (χ0v) is 19.6. The molecule has 3 aromatic rings. The van der Waals surface area contributed by atoms with Crippen molar-refractivity contribution in [3.8, 4) is 0 Å². The van der Waals surface area contributed by atoms with Crippen molar-refractivity contribution in [3.63, 3.8) is 0 Å². The van der Waals surface area contributed by atoms with Crippen molar-refractivity contribution >= 4 is 0 Å². The summed E-state index contributed by atoms with van der Waals surface area (Å²) in [6, 6.07) is 29.0. The standard InChI is InChI=1S/C28H31N3O4/c29-31-30-25-16-24(20-33-17-21-10-4-1-5-11-21)27(34-18-22-12-6-2-7-13-22)28(26(25)32)35-19-23-14-8-3-9-15-23/h1-15,24-28,32H,16-20H2/t24-,25+,26-,27-,28-/m1/s1. The Kier molecular flexibility index (Phi) is 9.29. The summed E-state index contributed by atoms with van der Waals surface area (Å²) in [5.41, 5.74) is 12.2. The van der Waals surface area contributed by atoms with E-state index >= 15 is 0 Å². The van der Waals surface area contributed by atoms with Crippen LogP contribution in [0.25, 0.3) is 10.4 Å².